The minimum absolute atomic E-state index is 0.179. The van der Waals surface area contributed by atoms with Gasteiger partial charge in [-0.2, -0.15) is 0 Å². The van der Waals surface area contributed by atoms with Crippen molar-refractivity contribution in [1.82, 2.24) is 21.2 Å². The molecule has 1 aromatic heterocycles. The van der Waals surface area contributed by atoms with Crippen LogP contribution in [0.3, 0.4) is 0 Å². The predicted molar refractivity (Wildman–Crippen MR) is 106 cm³/mol. The van der Waals surface area contributed by atoms with Crippen LogP contribution in [0.1, 0.15) is 32.0 Å². The number of nitrogens with zero attached hydrogens (tertiary/aromatic N) is 1. The van der Waals surface area contributed by atoms with Gasteiger partial charge in [-0.3, -0.25) is 25.2 Å². The van der Waals surface area contributed by atoms with E-state index in [2.05, 4.69) is 21.2 Å². The van der Waals surface area contributed by atoms with Crippen LogP contribution in [0.2, 0.25) is 0 Å². The van der Waals surface area contributed by atoms with E-state index in [1.165, 1.54) is 0 Å². The van der Waals surface area contributed by atoms with E-state index in [-0.39, 0.29) is 18.1 Å². The van der Waals surface area contributed by atoms with E-state index in [0.29, 0.717) is 11.1 Å². The molecular formula is C21H20N4O3. The molecule has 0 aliphatic carbocycles. The van der Waals surface area contributed by atoms with Gasteiger partial charge >= 0.3 is 0 Å². The molecule has 142 valence electrons. The molecule has 3 aromatic rings. The number of amides is 3. The summed E-state index contributed by atoms with van der Waals surface area (Å²) >= 11 is 0. The van der Waals surface area contributed by atoms with Crippen molar-refractivity contribution in [1.29, 1.82) is 0 Å². The lowest BCUT2D eigenvalue weighted by Gasteiger charge is -2.09. The van der Waals surface area contributed by atoms with Crippen LogP contribution in [0, 0.1) is 13.8 Å². The van der Waals surface area contributed by atoms with Crippen LogP contribution in [0.15, 0.2) is 54.6 Å². The van der Waals surface area contributed by atoms with Gasteiger partial charge in [0.05, 0.1) is 12.1 Å². The maximum atomic E-state index is 12.1. The van der Waals surface area contributed by atoms with E-state index in [1.54, 1.807) is 30.3 Å². The number of para-hydroxylation sites is 1. The number of carbonyl (C=O) groups excluding carboxylic acids is 3. The fourth-order valence-corrected chi connectivity index (χ4v) is 2.57. The van der Waals surface area contributed by atoms with Gasteiger partial charge < -0.3 is 5.32 Å². The average molecular weight is 376 g/mol. The van der Waals surface area contributed by atoms with Crippen LogP contribution in [-0.2, 0) is 4.79 Å². The summed E-state index contributed by atoms with van der Waals surface area (Å²) in [6.45, 7) is 3.60. The molecule has 0 saturated carbocycles. The zero-order valence-electron chi connectivity index (χ0n) is 15.6. The van der Waals surface area contributed by atoms with Gasteiger partial charge in [0.2, 0.25) is 0 Å². The first-order chi connectivity index (χ1) is 13.4. The zero-order chi connectivity index (χ0) is 20.1. The molecule has 0 saturated heterocycles. The maximum Gasteiger partial charge on any atom is 0.288 e. The summed E-state index contributed by atoms with van der Waals surface area (Å²) in [5, 5.41) is 3.43. The number of fused-ring (bicyclic) bond motifs is 1. The highest BCUT2D eigenvalue weighted by Crippen LogP contribution is 2.11. The molecule has 0 atom stereocenters. The Bertz CT molecular complexity index is 1060. The Balaban J connectivity index is 1.51. The molecule has 1 heterocycles. The van der Waals surface area contributed by atoms with Crippen molar-refractivity contribution in [2.75, 3.05) is 6.54 Å². The van der Waals surface area contributed by atoms with Crippen molar-refractivity contribution < 1.29 is 14.4 Å². The van der Waals surface area contributed by atoms with Gasteiger partial charge in [-0.1, -0.05) is 30.3 Å². The summed E-state index contributed by atoms with van der Waals surface area (Å²) in [6, 6.07) is 16.1. The number of benzene rings is 2. The van der Waals surface area contributed by atoms with Gasteiger partial charge in [-0.05, 0) is 49.2 Å². The molecule has 0 unspecified atom stereocenters. The molecule has 3 amide bonds. The molecule has 28 heavy (non-hydrogen) atoms. The first kappa shape index (κ1) is 19.0. The summed E-state index contributed by atoms with van der Waals surface area (Å²) in [5.41, 5.74) is 7.96. The van der Waals surface area contributed by atoms with Gasteiger partial charge in [0.1, 0.15) is 5.69 Å². The summed E-state index contributed by atoms with van der Waals surface area (Å²) in [5.74, 6) is -1.45. The lowest BCUT2D eigenvalue weighted by molar-refractivity contribution is -0.120. The van der Waals surface area contributed by atoms with E-state index in [4.69, 9.17) is 0 Å². The minimum atomic E-state index is -0.550. The van der Waals surface area contributed by atoms with Crippen molar-refractivity contribution in [2.45, 2.75) is 13.8 Å². The molecule has 0 spiro atoms. The van der Waals surface area contributed by atoms with Gasteiger partial charge in [-0.15, -0.1) is 0 Å². The first-order valence-electron chi connectivity index (χ1n) is 8.74. The molecule has 2 aromatic carbocycles. The van der Waals surface area contributed by atoms with Gasteiger partial charge in [-0.25, -0.2) is 4.98 Å². The number of rotatable bonds is 4. The van der Waals surface area contributed by atoms with Crippen molar-refractivity contribution in [3.05, 3.63) is 77.0 Å². The standard InChI is InChI=1S/C21H20N4O3/c1-13-7-8-16(11-14(13)2)20(27)22-12-19(26)24-25-21(28)18-10-9-15-5-3-4-6-17(15)23-18/h3-11H,12H2,1-2H3,(H,22,27)(H,24,26)(H,25,28). The van der Waals surface area contributed by atoms with E-state index in [0.717, 1.165) is 16.5 Å². The Hall–Kier alpha value is -3.74. The number of carbonyl (C=O) groups is 3. The smallest absolute Gasteiger partial charge is 0.288 e. The molecule has 0 aliphatic rings. The predicted octanol–water partition coefficient (Wildman–Crippen LogP) is 2.04. The summed E-state index contributed by atoms with van der Waals surface area (Å²) in [7, 11) is 0. The highest BCUT2D eigenvalue weighted by atomic mass is 16.2. The molecule has 3 N–H and O–H groups in total. The highest BCUT2D eigenvalue weighted by molar-refractivity contribution is 5.98. The van der Waals surface area contributed by atoms with E-state index in [9.17, 15) is 14.4 Å². The van der Waals surface area contributed by atoms with Crippen LogP contribution in [0.4, 0.5) is 0 Å². The maximum absolute atomic E-state index is 12.1. The normalized spacial score (nSPS) is 10.4. The summed E-state index contributed by atoms with van der Waals surface area (Å²) < 4.78 is 0. The van der Waals surface area contributed by atoms with Gasteiger partial charge in [0, 0.05) is 10.9 Å². The molecule has 3 rings (SSSR count). The monoisotopic (exact) mass is 376 g/mol. The summed E-state index contributed by atoms with van der Waals surface area (Å²) in [4.78, 5) is 40.4. The lowest BCUT2D eigenvalue weighted by Crippen LogP contribution is -2.46. The molecule has 0 fully saturated rings. The fourth-order valence-electron chi connectivity index (χ4n) is 2.57. The molecule has 7 heteroatoms. The van der Waals surface area contributed by atoms with Crippen LogP contribution in [0.25, 0.3) is 10.9 Å². The Morgan fingerprint density at radius 2 is 1.64 bits per heavy atom. The second-order valence-electron chi connectivity index (χ2n) is 6.37. The molecule has 7 nitrogen and oxygen atoms in total. The topological polar surface area (TPSA) is 100 Å². The van der Waals surface area contributed by atoms with Crippen molar-refractivity contribution in [3.63, 3.8) is 0 Å². The number of hydrogen-bond acceptors (Lipinski definition) is 4. The molecule has 0 bridgehead atoms. The Kier molecular flexibility index (Phi) is 5.64. The quantitative estimate of drug-likeness (QED) is 0.607. The van der Waals surface area contributed by atoms with Crippen molar-refractivity contribution in [3.8, 4) is 0 Å². The minimum Gasteiger partial charge on any atom is -0.343 e. The Morgan fingerprint density at radius 1 is 0.857 bits per heavy atom. The highest BCUT2D eigenvalue weighted by Gasteiger charge is 2.11. The number of hydrogen-bond donors (Lipinski definition) is 3. The third-order valence-corrected chi connectivity index (χ3v) is 4.33. The SMILES string of the molecule is Cc1ccc(C(=O)NCC(=O)NNC(=O)c2ccc3ccccc3n2)cc1C. The van der Waals surface area contributed by atoms with Gasteiger partial charge in [0.15, 0.2) is 0 Å². The third kappa shape index (κ3) is 4.50. The first-order valence-corrected chi connectivity index (χ1v) is 8.74. The number of hydrazine groups is 1. The number of pyridine rings is 1. The van der Waals surface area contributed by atoms with Crippen molar-refractivity contribution >= 4 is 28.6 Å². The fraction of sp³-hybridized carbons (Fsp3) is 0.143. The molecular weight excluding hydrogens is 356 g/mol. The average Bonchev–Trinajstić information content (AvgIpc) is 2.71. The zero-order valence-corrected chi connectivity index (χ0v) is 15.6. The lowest BCUT2D eigenvalue weighted by atomic mass is 10.1. The Morgan fingerprint density at radius 3 is 2.43 bits per heavy atom. The number of aryl methyl sites for hydroxylation is 2. The van der Waals surface area contributed by atoms with Gasteiger partial charge in [0.25, 0.3) is 17.7 Å². The second kappa shape index (κ2) is 8.30. The summed E-state index contributed by atoms with van der Waals surface area (Å²) in [6.07, 6.45) is 0. The van der Waals surface area contributed by atoms with E-state index in [1.807, 2.05) is 38.1 Å². The number of aromatic nitrogens is 1. The molecule has 0 radical (unpaired) electrons. The third-order valence-electron chi connectivity index (χ3n) is 4.33. The molecule has 0 aliphatic heterocycles. The van der Waals surface area contributed by atoms with Crippen molar-refractivity contribution in [2.24, 2.45) is 0 Å². The Labute approximate surface area is 162 Å². The van der Waals surface area contributed by atoms with E-state index >= 15 is 0 Å². The van der Waals surface area contributed by atoms with Crippen LogP contribution in [-0.4, -0.2) is 29.3 Å². The second-order valence-corrected chi connectivity index (χ2v) is 6.37. The number of nitrogens with one attached hydrogen (secondary N) is 3. The van der Waals surface area contributed by atoms with E-state index < -0.39 is 11.8 Å². The largest absolute Gasteiger partial charge is 0.343 e. The van der Waals surface area contributed by atoms with Crippen LogP contribution >= 0.6 is 0 Å². The van der Waals surface area contributed by atoms with Crippen LogP contribution < -0.4 is 16.2 Å². The van der Waals surface area contributed by atoms with Crippen LogP contribution in [0.5, 0.6) is 0 Å².